The Kier molecular flexibility index (Phi) is 4.15. The Balaban J connectivity index is 0.00000120. The maximum Gasteiger partial charge on any atom is 0.125 e. The molecule has 0 saturated carbocycles. The molecule has 4 heteroatoms. The fraction of sp³-hybridized carbons (Fsp3) is 0.571. The Morgan fingerprint density at radius 1 is 1.28 bits per heavy atom. The van der Waals surface area contributed by atoms with Crippen molar-refractivity contribution >= 4 is 12.4 Å². The molecular weight excluding hydrogens is 250 g/mol. The minimum Gasteiger partial charge on any atom is -0.487 e. The molecule has 1 aromatic carbocycles. The van der Waals surface area contributed by atoms with Crippen molar-refractivity contribution in [3.63, 3.8) is 0 Å². The van der Waals surface area contributed by atoms with E-state index in [2.05, 4.69) is 23.5 Å². The van der Waals surface area contributed by atoms with Crippen LogP contribution < -0.4 is 10.1 Å². The van der Waals surface area contributed by atoms with Gasteiger partial charge in [0.25, 0.3) is 0 Å². The molecular formula is C14H20ClNO2. The quantitative estimate of drug-likeness (QED) is 0.850. The van der Waals surface area contributed by atoms with Crippen LogP contribution in [0.2, 0.25) is 0 Å². The third kappa shape index (κ3) is 2.35. The summed E-state index contributed by atoms with van der Waals surface area (Å²) in [6, 6.07) is 8.25. The Bertz CT molecular complexity index is 405. The van der Waals surface area contributed by atoms with Crippen molar-refractivity contribution in [3.05, 3.63) is 29.8 Å². The molecule has 1 aromatic rings. The van der Waals surface area contributed by atoms with Gasteiger partial charge in [-0.25, -0.2) is 0 Å². The second-order valence-electron chi connectivity index (χ2n) is 5.00. The van der Waals surface area contributed by atoms with Crippen molar-refractivity contribution in [2.75, 3.05) is 20.2 Å². The normalized spacial score (nSPS) is 24.8. The zero-order valence-electron chi connectivity index (χ0n) is 10.6. The number of fused-ring (bicyclic) bond motifs is 1. The highest BCUT2D eigenvalue weighted by Gasteiger charge is 2.41. The van der Waals surface area contributed by atoms with E-state index in [4.69, 9.17) is 9.47 Å². The van der Waals surface area contributed by atoms with E-state index in [9.17, 15) is 0 Å². The minimum absolute atomic E-state index is 0. The highest BCUT2D eigenvalue weighted by atomic mass is 35.5. The first-order chi connectivity index (χ1) is 8.33. The van der Waals surface area contributed by atoms with Gasteiger partial charge in [0.05, 0.1) is 6.10 Å². The summed E-state index contributed by atoms with van der Waals surface area (Å²) in [6.45, 7) is 2.08. The average molecular weight is 270 g/mol. The summed E-state index contributed by atoms with van der Waals surface area (Å²) in [5.41, 5.74) is 1.18. The molecule has 1 spiro atoms. The standard InChI is InChI=1S/C14H19NO2.ClH/c1-16-13-10-14(6-8-15-9-7-14)17-12-5-3-2-4-11(12)13;/h2-5,13,15H,6-10H2,1H3;1H. The molecule has 0 amide bonds. The fourth-order valence-electron chi connectivity index (χ4n) is 2.96. The van der Waals surface area contributed by atoms with Gasteiger partial charge in [-0.3, -0.25) is 0 Å². The lowest BCUT2D eigenvalue weighted by atomic mass is 9.82. The first-order valence-electron chi connectivity index (χ1n) is 6.34. The smallest absolute Gasteiger partial charge is 0.125 e. The SMILES string of the molecule is COC1CC2(CCNCC2)Oc2ccccc21.Cl. The van der Waals surface area contributed by atoms with Crippen LogP contribution in [0.4, 0.5) is 0 Å². The lowest BCUT2D eigenvalue weighted by Gasteiger charge is -2.44. The summed E-state index contributed by atoms with van der Waals surface area (Å²) in [5, 5.41) is 3.39. The first kappa shape index (κ1) is 13.7. The number of halogens is 1. The van der Waals surface area contributed by atoms with E-state index in [1.54, 1.807) is 7.11 Å². The summed E-state index contributed by atoms with van der Waals surface area (Å²) in [7, 11) is 1.79. The van der Waals surface area contributed by atoms with E-state index in [1.165, 1.54) is 5.56 Å². The predicted molar refractivity (Wildman–Crippen MR) is 73.5 cm³/mol. The topological polar surface area (TPSA) is 30.5 Å². The molecule has 2 heterocycles. The molecule has 3 nitrogen and oxygen atoms in total. The fourth-order valence-corrected chi connectivity index (χ4v) is 2.96. The summed E-state index contributed by atoms with van der Waals surface area (Å²) >= 11 is 0. The van der Waals surface area contributed by atoms with E-state index in [0.29, 0.717) is 0 Å². The van der Waals surface area contributed by atoms with Gasteiger partial charge in [-0.2, -0.15) is 0 Å². The second kappa shape index (κ2) is 5.47. The highest BCUT2D eigenvalue weighted by molar-refractivity contribution is 5.85. The zero-order valence-corrected chi connectivity index (χ0v) is 11.5. The number of benzene rings is 1. The molecule has 0 radical (unpaired) electrons. The molecule has 18 heavy (non-hydrogen) atoms. The van der Waals surface area contributed by atoms with Crippen LogP contribution in [0.1, 0.15) is 30.9 Å². The number of rotatable bonds is 1. The Labute approximate surface area is 114 Å². The van der Waals surface area contributed by atoms with Crippen molar-refractivity contribution in [1.82, 2.24) is 5.32 Å². The van der Waals surface area contributed by atoms with E-state index >= 15 is 0 Å². The molecule has 3 rings (SSSR count). The van der Waals surface area contributed by atoms with Crippen LogP contribution >= 0.6 is 12.4 Å². The van der Waals surface area contributed by atoms with Gasteiger partial charge in [0.1, 0.15) is 11.4 Å². The Morgan fingerprint density at radius 3 is 2.72 bits per heavy atom. The highest BCUT2D eigenvalue weighted by Crippen LogP contribution is 2.44. The zero-order chi connectivity index (χ0) is 11.7. The molecule has 1 unspecified atom stereocenters. The van der Waals surface area contributed by atoms with Crippen LogP contribution in [0.5, 0.6) is 5.75 Å². The summed E-state index contributed by atoms with van der Waals surface area (Å²) in [5.74, 6) is 1.01. The molecule has 0 aliphatic carbocycles. The van der Waals surface area contributed by atoms with E-state index in [0.717, 1.165) is 38.1 Å². The third-order valence-corrected chi connectivity index (χ3v) is 3.95. The minimum atomic E-state index is -0.0136. The number of piperidine rings is 1. The molecule has 100 valence electrons. The number of methoxy groups -OCH3 is 1. The molecule has 1 N–H and O–H groups in total. The first-order valence-corrected chi connectivity index (χ1v) is 6.34. The number of hydrogen-bond acceptors (Lipinski definition) is 3. The lowest BCUT2D eigenvalue weighted by molar-refractivity contribution is -0.0478. The Morgan fingerprint density at radius 2 is 2.00 bits per heavy atom. The average Bonchev–Trinajstić information content (AvgIpc) is 2.38. The molecule has 1 atom stereocenters. The number of hydrogen-bond donors (Lipinski definition) is 1. The van der Waals surface area contributed by atoms with Crippen LogP contribution in [-0.4, -0.2) is 25.8 Å². The number of ether oxygens (including phenoxy) is 2. The van der Waals surface area contributed by atoms with Crippen molar-refractivity contribution < 1.29 is 9.47 Å². The van der Waals surface area contributed by atoms with Crippen molar-refractivity contribution in [2.45, 2.75) is 31.0 Å². The van der Waals surface area contributed by atoms with E-state index < -0.39 is 0 Å². The lowest BCUT2D eigenvalue weighted by Crippen LogP contribution is -2.49. The number of nitrogens with one attached hydrogen (secondary N) is 1. The second-order valence-corrected chi connectivity index (χ2v) is 5.00. The summed E-state index contributed by atoms with van der Waals surface area (Å²) in [6.07, 6.45) is 3.29. The van der Waals surface area contributed by atoms with Gasteiger partial charge in [-0.15, -0.1) is 12.4 Å². The largest absolute Gasteiger partial charge is 0.487 e. The third-order valence-electron chi connectivity index (χ3n) is 3.95. The van der Waals surface area contributed by atoms with Gasteiger partial charge in [0, 0.05) is 19.1 Å². The van der Waals surface area contributed by atoms with Crippen molar-refractivity contribution in [1.29, 1.82) is 0 Å². The van der Waals surface area contributed by atoms with E-state index in [1.807, 2.05) is 6.07 Å². The molecule has 1 fully saturated rings. The molecule has 0 aromatic heterocycles. The maximum absolute atomic E-state index is 6.27. The molecule has 2 aliphatic heterocycles. The monoisotopic (exact) mass is 269 g/mol. The van der Waals surface area contributed by atoms with E-state index in [-0.39, 0.29) is 24.1 Å². The van der Waals surface area contributed by atoms with Gasteiger partial charge >= 0.3 is 0 Å². The summed E-state index contributed by atoms with van der Waals surface area (Å²) < 4.78 is 11.9. The van der Waals surface area contributed by atoms with Crippen molar-refractivity contribution in [3.8, 4) is 5.75 Å². The predicted octanol–water partition coefficient (Wildman–Crippen LogP) is 2.70. The van der Waals surface area contributed by atoms with Crippen molar-refractivity contribution in [2.24, 2.45) is 0 Å². The van der Waals surface area contributed by atoms with Crippen LogP contribution in [0, 0.1) is 0 Å². The van der Waals surface area contributed by atoms with Gasteiger partial charge in [0.15, 0.2) is 0 Å². The van der Waals surface area contributed by atoms with Crippen LogP contribution in [0.15, 0.2) is 24.3 Å². The van der Waals surface area contributed by atoms with Gasteiger partial charge < -0.3 is 14.8 Å². The van der Waals surface area contributed by atoms with Gasteiger partial charge in [-0.05, 0) is 32.0 Å². The van der Waals surface area contributed by atoms with Crippen LogP contribution in [-0.2, 0) is 4.74 Å². The Hall–Kier alpha value is -0.770. The molecule has 0 bridgehead atoms. The van der Waals surface area contributed by atoms with Crippen LogP contribution in [0.25, 0.3) is 0 Å². The summed E-state index contributed by atoms with van der Waals surface area (Å²) in [4.78, 5) is 0. The maximum atomic E-state index is 6.27. The molecule has 1 saturated heterocycles. The van der Waals surface area contributed by atoms with Gasteiger partial charge in [-0.1, -0.05) is 18.2 Å². The molecule has 2 aliphatic rings. The van der Waals surface area contributed by atoms with Crippen LogP contribution in [0.3, 0.4) is 0 Å². The number of para-hydroxylation sites is 1. The van der Waals surface area contributed by atoms with Gasteiger partial charge in [0.2, 0.25) is 0 Å².